The van der Waals surface area contributed by atoms with Crippen molar-refractivity contribution in [1.82, 2.24) is 15.1 Å². The maximum atomic E-state index is 11.7. The summed E-state index contributed by atoms with van der Waals surface area (Å²) in [7, 11) is 4.18. The molecule has 1 N–H and O–H groups in total. The van der Waals surface area contributed by atoms with Gasteiger partial charge in [-0.2, -0.15) is 0 Å². The molecule has 0 aromatic carbocycles. The Kier molecular flexibility index (Phi) is 2.75. The fraction of sp³-hybridized carbons (Fsp3) is 0.818. The minimum atomic E-state index is -0.605. The molecule has 0 aromatic rings. The minimum absolute atomic E-state index is 0.00382. The first-order chi connectivity index (χ1) is 7.40. The van der Waals surface area contributed by atoms with Crippen molar-refractivity contribution in [3.63, 3.8) is 0 Å². The van der Waals surface area contributed by atoms with Crippen LogP contribution in [0.1, 0.15) is 13.8 Å². The summed E-state index contributed by atoms with van der Waals surface area (Å²) in [5.74, 6) is 0.827. The third-order valence-electron chi connectivity index (χ3n) is 3.36. The van der Waals surface area contributed by atoms with Crippen molar-refractivity contribution in [1.29, 1.82) is 0 Å². The van der Waals surface area contributed by atoms with Gasteiger partial charge in [-0.05, 0) is 27.9 Å². The quantitative estimate of drug-likeness (QED) is 0.655. The smallest absolute Gasteiger partial charge is 0.252 e. The van der Waals surface area contributed by atoms with E-state index in [-0.39, 0.29) is 11.9 Å². The average Bonchev–Trinajstić information content (AvgIpc) is 2.45. The molecule has 0 aromatic heterocycles. The van der Waals surface area contributed by atoms with E-state index < -0.39 is 5.54 Å². The Morgan fingerprint density at radius 1 is 1.38 bits per heavy atom. The molecule has 0 spiro atoms. The number of aliphatic imine (C=N–C) groups is 1. The number of piperazine rings is 1. The van der Waals surface area contributed by atoms with Gasteiger partial charge in [0.1, 0.15) is 11.4 Å². The number of rotatable bonds is 1. The molecule has 1 atom stereocenters. The molecule has 0 saturated carbocycles. The molecule has 16 heavy (non-hydrogen) atoms. The molecule has 5 heteroatoms. The van der Waals surface area contributed by atoms with Gasteiger partial charge in [0.05, 0.1) is 6.04 Å². The summed E-state index contributed by atoms with van der Waals surface area (Å²) < 4.78 is 0. The third kappa shape index (κ3) is 1.97. The van der Waals surface area contributed by atoms with Crippen LogP contribution in [0.2, 0.25) is 0 Å². The molecule has 1 fully saturated rings. The van der Waals surface area contributed by atoms with Gasteiger partial charge in [0.2, 0.25) is 0 Å². The molecule has 2 rings (SSSR count). The lowest BCUT2D eigenvalue weighted by atomic mass is 10.1. The summed E-state index contributed by atoms with van der Waals surface area (Å²) in [6.45, 7) is 6.70. The lowest BCUT2D eigenvalue weighted by Gasteiger charge is -2.37. The van der Waals surface area contributed by atoms with Crippen LogP contribution in [-0.2, 0) is 4.79 Å². The number of nitrogens with zero attached hydrogens (tertiary/aromatic N) is 3. The summed E-state index contributed by atoms with van der Waals surface area (Å²) in [6, 6.07) is 0.212. The van der Waals surface area contributed by atoms with E-state index in [2.05, 4.69) is 34.2 Å². The molecule has 0 aliphatic carbocycles. The molecule has 90 valence electrons. The van der Waals surface area contributed by atoms with E-state index in [4.69, 9.17) is 0 Å². The Morgan fingerprint density at radius 3 is 2.62 bits per heavy atom. The lowest BCUT2D eigenvalue weighted by molar-refractivity contribution is -0.122. The second-order valence-electron chi connectivity index (χ2n) is 5.27. The van der Waals surface area contributed by atoms with E-state index in [1.165, 1.54) is 0 Å². The molecule has 2 aliphatic heterocycles. The van der Waals surface area contributed by atoms with E-state index in [9.17, 15) is 4.79 Å². The van der Waals surface area contributed by atoms with Crippen molar-refractivity contribution in [3.05, 3.63) is 0 Å². The van der Waals surface area contributed by atoms with Crippen LogP contribution in [0.5, 0.6) is 0 Å². The van der Waals surface area contributed by atoms with Crippen molar-refractivity contribution in [2.75, 3.05) is 33.7 Å². The van der Waals surface area contributed by atoms with Gasteiger partial charge in [0.25, 0.3) is 5.91 Å². The summed E-state index contributed by atoms with van der Waals surface area (Å²) in [5, 5.41) is 2.91. The van der Waals surface area contributed by atoms with Gasteiger partial charge in [0, 0.05) is 19.6 Å². The van der Waals surface area contributed by atoms with Crippen LogP contribution in [0.25, 0.3) is 0 Å². The molecule has 2 aliphatic rings. The average molecular weight is 224 g/mol. The fourth-order valence-corrected chi connectivity index (χ4v) is 2.11. The van der Waals surface area contributed by atoms with Crippen LogP contribution >= 0.6 is 0 Å². The van der Waals surface area contributed by atoms with Crippen molar-refractivity contribution in [2.45, 2.75) is 25.4 Å². The largest absolute Gasteiger partial charge is 0.311 e. The number of hydrogen-bond acceptors (Lipinski definition) is 4. The number of hydrogen-bond donors (Lipinski definition) is 1. The Morgan fingerprint density at radius 2 is 2.06 bits per heavy atom. The Labute approximate surface area is 96.5 Å². The molecule has 0 bridgehead atoms. The molecule has 5 nitrogen and oxygen atoms in total. The maximum Gasteiger partial charge on any atom is 0.252 e. The van der Waals surface area contributed by atoms with Gasteiger partial charge < -0.3 is 10.2 Å². The number of amides is 1. The molecule has 1 saturated heterocycles. The first-order valence-corrected chi connectivity index (χ1v) is 5.70. The number of carbonyl (C=O) groups is 1. The van der Waals surface area contributed by atoms with Gasteiger partial charge >= 0.3 is 0 Å². The highest BCUT2D eigenvalue weighted by atomic mass is 16.2. The van der Waals surface area contributed by atoms with Crippen LogP contribution in [0.4, 0.5) is 0 Å². The first-order valence-electron chi connectivity index (χ1n) is 5.70. The Bertz CT molecular complexity index is 337. The highest BCUT2D eigenvalue weighted by Gasteiger charge is 2.39. The van der Waals surface area contributed by atoms with Crippen molar-refractivity contribution < 1.29 is 4.79 Å². The van der Waals surface area contributed by atoms with Crippen molar-refractivity contribution in [3.8, 4) is 0 Å². The standard InChI is InChI=1S/C11H20N4O/c1-11(2)10(16)12-9(13-11)8-7-14(3)5-6-15(8)4/h8H,5-7H2,1-4H3,(H,12,13,16). The normalized spacial score (nSPS) is 31.4. The van der Waals surface area contributed by atoms with E-state index in [0.29, 0.717) is 0 Å². The maximum absolute atomic E-state index is 11.7. The van der Waals surface area contributed by atoms with E-state index in [1.54, 1.807) is 0 Å². The number of likely N-dealkylation sites (N-methyl/N-ethyl adjacent to an activating group) is 2. The van der Waals surface area contributed by atoms with Crippen LogP contribution in [-0.4, -0.2) is 66.9 Å². The molecule has 0 radical (unpaired) electrons. The van der Waals surface area contributed by atoms with Crippen molar-refractivity contribution in [2.24, 2.45) is 4.99 Å². The van der Waals surface area contributed by atoms with Gasteiger partial charge in [-0.15, -0.1) is 0 Å². The molecule has 1 unspecified atom stereocenters. The van der Waals surface area contributed by atoms with Gasteiger partial charge in [0.15, 0.2) is 0 Å². The summed E-state index contributed by atoms with van der Waals surface area (Å²) >= 11 is 0. The van der Waals surface area contributed by atoms with Gasteiger partial charge in [-0.1, -0.05) is 0 Å². The monoisotopic (exact) mass is 224 g/mol. The third-order valence-corrected chi connectivity index (χ3v) is 3.36. The summed E-state index contributed by atoms with van der Waals surface area (Å²) in [6.07, 6.45) is 0. The zero-order valence-corrected chi connectivity index (χ0v) is 10.4. The highest BCUT2D eigenvalue weighted by Crippen LogP contribution is 2.18. The predicted molar refractivity (Wildman–Crippen MR) is 63.6 cm³/mol. The highest BCUT2D eigenvalue weighted by molar-refractivity contribution is 6.09. The van der Waals surface area contributed by atoms with Gasteiger partial charge in [-0.3, -0.25) is 14.7 Å². The predicted octanol–water partition coefficient (Wildman–Crippen LogP) is -0.461. The zero-order valence-electron chi connectivity index (χ0n) is 10.4. The van der Waals surface area contributed by atoms with E-state index in [0.717, 1.165) is 25.5 Å². The molecular weight excluding hydrogens is 204 g/mol. The second-order valence-corrected chi connectivity index (χ2v) is 5.27. The molecule has 2 heterocycles. The Balaban J connectivity index is 2.16. The van der Waals surface area contributed by atoms with Crippen LogP contribution < -0.4 is 5.32 Å². The van der Waals surface area contributed by atoms with Gasteiger partial charge in [-0.25, -0.2) is 0 Å². The van der Waals surface area contributed by atoms with Crippen LogP contribution in [0.3, 0.4) is 0 Å². The summed E-state index contributed by atoms with van der Waals surface area (Å²) in [5.41, 5.74) is -0.605. The minimum Gasteiger partial charge on any atom is -0.311 e. The van der Waals surface area contributed by atoms with Crippen LogP contribution in [0, 0.1) is 0 Å². The second kappa shape index (κ2) is 3.82. The first kappa shape index (κ1) is 11.5. The van der Waals surface area contributed by atoms with E-state index in [1.807, 2.05) is 13.8 Å². The summed E-state index contributed by atoms with van der Waals surface area (Å²) in [4.78, 5) is 20.7. The number of nitrogens with one attached hydrogen (secondary N) is 1. The Hall–Kier alpha value is -0.940. The topological polar surface area (TPSA) is 47.9 Å². The van der Waals surface area contributed by atoms with E-state index >= 15 is 0 Å². The number of carbonyl (C=O) groups excluding carboxylic acids is 1. The number of amidine groups is 1. The van der Waals surface area contributed by atoms with Crippen LogP contribution in [0.15, 0.2) is 4.99 Å². The molecular formula is C11H20N4O. The lowest BCUT2D eigenvalue weighted by Crippen LogP contribution is -2.56. The van der Waals surface area contributed by atoms with Crippen molar-refractivity contribution >= 4 is 11.7 Å². The SMILES string of the molecule is CN1CCN(C)C(C2=NC(C)(C)C(=O)N2)C1. The fourth-order valence-electron chi connectivity index (χ4n) is 2.11. The zero-order chi connectivity index (χ0) is 11.9. The molecule has 1 amide bonds.